The van der Waals surface area contributed by atoms with Gasteiger partial charge >= 0.3 is 0 Å². The van der Waals surface area contributed by atoms with Crippen LogP contribution in [0.15, 0.2) is 58.2 Å². The van der Waals surface area contributed by atoms with Gasteiger partial charge in [0, 0.05) is 23.9 Å². The molecule has 1 aliphatic rings. The summed E-state index contributed by atoms with van der Waals surface area (Å²) in [5.74, 6) is -1.10. The number of carbonyl (C=O) groups excluding carboxylic acids is 2. The number of hydrogen-bond acceptors (Lipinski definition) is 7. The van der Waals surface area contributed by atoms with Crippen LogP contribution < -0.4 is 24.2 Å². The van der Waals surface area contributed by atoms with E-state index in [1.807, 2.05) is 26.2 Å². The highest BCUT2D eigenvalue weighted by molar-refractivity contribution is 6.15. The zero-order chi connectivity index (χ0) is 26.0. The summed E-state index contributed by atoms with van der Waals surface area (Å²) in [6.45, 7) is 1.08. The van der Waals surface area contributed by atoms with Gasteiger partial charge in [-0.15, -0.1) is 0 Å². The number of rotatable bonds is 10. The Morgan fingerprint density at radius 3 is 2.31 bits per heavy atom. The highest BCUT2D eigenvalue weighted by atomic mass is 16.5. The standard InChI is InChI=1S/C27H30N2O7/c1-28(2)11-8-12-29-23(17-14-20(33-3)26(35-5)21(15-17)34-4)22(25(31)27(29)32)24(30)19-13-16-9-6-7-10-18(16)36-19/h6-7,9-10,13-15,23,31H,8,11-12H2,1-5H3. The summed E-state index contributed by atoms with van der Waals surface area (Å²) in [6, 6.07) is 11.2. The van der Waals surface area contributed by atoms with Crippen LogP contribution in [0.3, 0.4) is 0 Å². The molecular weight excluding hydrogens is 464 g/mol. The van der Waals surface area contributed by atoms with Crippen molar-refractivity contribution in [3.05, 3.63) is 65.1 Å². The van der Waals surface area contributed by atoms with E-state index < -0.39 is 23.5 Å². The van der Waals surface area contributed by atoms with Gasteiger partial charge in [0.1, 0.15) is 5.58 Å². The SMILES string of the molecule is COc1cc(C2C(C(=O)c3cc4ccccc4o3)=C([O-])C(=O)N2CCC[NH+](C)C)cc(OC)c1OC. The number of amides is 1. The van der Waals surface area contributed by atoms with E-state index in [1.54, 1.807) is 30.3 Å². The molecule has 1 amide bonds. The van der Waals surface area contributed by atoms with Gasteiger partial charge in [0.2, 0.25) is 17.4 Å². The van der Waals surface area contributed by atoms with E-state index in [9.17, 15) is 14.7 Å². The van der Waals surface area contributed by atoms with E-state index in [2.05, 4.69) is 0 Å². The minimum Gasteiger partial charge on any atom is -0.868 e. The largest absolute Gasteiger partial charge is 0.868 e. The van der Waals surface area contributed by atoms with E-state index in [4.69, 9.17) is 18.6 Å². The maximum absolute atomic E-state index is 13.7. The number of furan rings is 1. The van der Waals surface area contributed by atoms with Gasteiger partial charge in [0.05, 0.1) is 48.0 Å². The third kappa shape index (κ3) is 4.49. The second-order valence-electron chi connectivity index (χ2n) is 8.89. The molecular formula is C27H30N2O7. The maximum atomic E-state index is 13.7. The number of nitrogens with zero attached hydrogens (tertiary/aromatic N) is 1. The number of quaternary nitrogens is 1. The van der Waals surface area contributed by atoms with Crippen LogP contribution in [0.5, 0.6) is 17.2 Å². The van der Waals surface area contributed by atoms with Gasteiger partial charge in [-0.3, -0.25) is 9.59 Å². The van der Waals surface area contributed by atoms with E-state index in [-0.39, 0.29) is 11.3 Å². The number of Topliss-reactive ketones (excluding diaryl/α,β-unsaturated/α-hetero) is 1. The molecule has 1 unspecified atom stereocenters. The summed E-state index contributed by atoms with van der Waals surface area (Å²) in [4.78, 5) is 29.5. The summed E-state index contributed by atoms with van der Waals surface area (Å²) in [7, 11) is 8.47. The zero-order valence-electron chi connectivity index (χ0n) is 21.0. The first kappa shape index (κ1) is 25.1. The smallest absolute Gasteiger partial charge is 0.239 e. The van der Waals surface area contributed by atoms with Crippen molar-refractivity contribution in [2.45, 2.75) is 12.5 Å². The lowest BCUT2D eigenvalue weighted by molar-refractivity contribution is -0.858. The number of hydrogen-bond donors (Lipinski definition) is 1. The lowest BCUT2D eigenvalue weighted by Gasteiger charge is -2.28. The van der Waals surface area contributed by atoms with Gasteiger partial charge in [0.15, 0.2) is 17.3 Å². The number of para-hydroxylation sites is 1. The number of carbonyl (C=O) groups is 2. The molecule has 0 fully saturated rings. The average Bonchev–Trinajstić information content (AvgIpc) is 3.42. The molecule has 1 aliphatic heterocycles. The number of nitrogens with one attached hydrogen (secondary N) is 1. The molecule has 9 heteroatoms. The molecule has 0 saturated carbocycles. The van der Waals surface area contributed by atoms with E-state index in [0.29, 0.717) is 41.4 Å². The summed E-state index contributed by atoms with van der Waals surface area (Å²) < 4.78 is 22.2. The molecule has 0 spiro atoms. The van der Waals surface area contributed by atoms with Crippen LogP contribution in [0.4, 0.5) is 0 Å². The molecule has 2 aromatic carbocycles. The van der Waals surface area contributed by atoms with Gasteiger partial charge in [-0.1, -0.05) is 18.2 Å². The number of benzene rings is 2. The molecule has 2 heterocycles. The Labute approximate surface area is 209 Å². The van der Waals surface area contributed by atoms with Crippen LogP contribution in [0.25, 0.3) is 11.0 Å². The van der Waals surface area contributed by atoms with Crippen molar-refractivity contribution in [2.75, 3.05) is 48.5 Å². The molecule has 1 atom stereocenters. The molecule has 1 N–H and O–H groups in total. The number of ether oxygens (including phenoxy) is 3. The van der Waals surface area contributed by atoms with Crippen molar-refractivity contribution in [2.24, 2.45) is 0 Å². The molecule has 0 saturated heterocycles. The molecule has 4 rings (SSSR count). The predicted molar refractivity (Wildman–Crippen MR) is 130 cm³/mol. The molecule has 36 heavy (non-hydrogen) atoms. The van der Waals surface area contributed by atoms with Crippen molar-refractivity contribution in [3.63, 3.8) is 0 Å². The maximum Gasteiger partial charge on any atom is 0.239 e. The summed E-state index contributed by atoms with van der Waals surface area (Å²) in [5.41, 5.74) is 0.860. The van der Waals surface area contributed by atoms with Crippen LogP contribution in [-0.4, -0.2) is 65.1 Å². The third-order valence-corrected chi connectivity index (χ3v) is 6.26. The number of methoxy groups -OCH3 is 3. The quantitative estimate of drug-likeness (QED) is 0.425. The second-order valence-corrected chi connectivity index (χ2v) is 8.89. The monoisotopic (exact) mass is 494 g/mol. The Balaban J connectivity index is 1.84. The average molecular weight is 495 g/mol. The topological polar surface area (TPSA) is 106 Å². The Morgan fingerprint density at radius 2 is 1.72 bits per heavy atom. The van der Waals surface area contributed by atoms with Crippen LogP contribution in [0, 0.1) is 0 Å². The molecule has 190 valence electrons. The zero-order valence-corrected chi connectivity index (χ0v) is 21.0. The number of ketones is 1. The normalized spacial score (nSPS) is 15.8. The first-order chi connectivity index (χ1) is 17.3. The summed E-state index contributed by atoms with van der Waals surface area (Å²) in [5, 5.41) is 14.0. The van der Waals surface area contributed by atoms with Crippen LogP contribution in [-0.2, 0) is 4.79 Å². The first-order valence-electron chi connectivity index (χ1n) is 11.6. The van der Waals surface area contributed by atoms with Crippen molar-refractivity contribution in [1.82, 2.24) is 4.90 Å². The van der Waals surface area contributed by atoms with Gasteiger partial charge in [-0.05, 0) is 35.6 Å². The minimum atomic E-state index is -0.934. The summed E-state index contributed by atoms with van der Waals surface area (Å²) in [6.07, 6.45) is 0.647. The van der Waals surface area contributed by atoms with E-state index in [1.165, 1.54) is 31.1 Å². The second kappa shape index (κ2) is 10.3. The van der Waals surface area contributed by atoms with Crippen molar-refractivity contribution in [3.8, 4) is 17.2 Å². The fourth-order valence-corrected chi connectivity index (χ4v) is 4.54. The van der Waals surface area contributed by atoms with Crippen LogP contribution >= 0.6 is 0 Å². The minimum absolute atomic E-state index is 0.00405. The Morgan fingerprint density at radius 1 is 1.06 bits per heavy atom. The molecule has 0 radical (unpaired) electrons. The third-order valence-electron chi connectivity index (χ3n) is 6.26. The van der Waals surface area contributed by atoms with E-state index in [0.717, 1.165) is 11.9 Å². The molecule has 0 aliphatic carbocycles. The first-order valence-corrected chi connectivity index (χ1v) is 11.6. The van der Waals surface area contributed by atoms with Gasteiger partial charge in [-0.2, -0.15) is 0 Å². The lowest BCUT2D eigenvalue weighted by atomic mass is 9.94. The fourth-order valence-electron chi connectivity index (χ4n) is 4.54. The Bertz CT molecular complexity index is 1270. The Kier molecular flexibility index (Phi) is 7.21. The van der Waals surface area contributed by atoms with E-state index >= 15 is 0 Å². The fraction of sp³-hybridized carbons (Fsp3) is 0.333. The van der Waals surface area contributed by atoms with Crippen molar-refractivity contribution in [1.29, 1.82) is 0 Å². The highest BCUT2D eigenvalue weighted by Crippen LogP contribution is 2.45. The van der Waals surface area contributed by atoms with Crippen LogP contribution in [0.1, 0.15) is 28.6 Å². The van der Waals surface area contributed by atoms with Crippen molar-refractivity contribution >= 4 is 22.7 Å². The van der Waals surface area contributed by atoms with Crippen molar-refractivity contribution < 1.29 is 38.2 Å². The highest BCUT2D eigenvalue weighted by Gasteiger charge is 2.41. The lowest BCUT2D eigenvalue weighted by Crippen LogP contribution is -3.05. The van der Waals surface area contributed by atoms with Crippen LogP contribution in [0.2, 0.25) is 0 Å². The predicted octanol–water partition coefficient (Wildman–Crippen LogP) is 1.37. The summed E-state index contributed by atoms with van der Waals surface area (Å²) >= 11 is 0. The molecule has 0 bridgehead atoms. The molecule has 3 aromatic rings. The molecule has 9 nitrogen and oxygen atoms in total. The van der Waals surface area contributed by atoms with Gasteiger partial charge in [-0.25, -0.2) is 0 Å². The van der Waals surface area contributed by atoms with Gasteiger partial charge in [0.25, 0.3) is 0 Å². The number of fused-ring (bicyclic) bond motifs is 1. The van der Waals surface area contributed by atoms with Gasteiger partial charge < -0.3 is 33.5 Å². The molecule has 1 aromatic heterocycles. The Hall–Kier alpha value is -3.98.